The van der Waals surface area contributed by atoms with E-state index in [4.69, 9.17) is 11.6 Å². The molecule has 1 heterocycles. The lowest BCUT2D eigenvalue weighted by atomic mass is 10.1. The lowest BCUT2D eigenvalue weighted by Crippen LogP contribution is -2.28. The topological polar surface area (TPSA) is 46.9 Å². The Hall–Kier alpha value is -2.80. The minimum absolute atomic E-state index is 0.162. The molecule has 0 aliphatic carbocycles. The van der Waals surface area contributed by atoms with Crippen LogP contribution in [-0.2, 0) is 12.6 Å². The van der Waals surface area contributed by atoms with Crippen molar-refractivity contribution in [2.75, 3.05) is 6.54 Å². The van der Waals surface area contributed by atoms with Crippen molar-refractivity contribution in [2.24, 2.45) is 0 Å². The molecule has 140 valence electrons. The summed E-state index contributed by atoms with van der Waals surface area (Å²) in [4.78, 5) is 12.3. The van der Waals surface area contributed by atoms with Gasteiger partial charge in [0, 0.05) is 11.6 Å². The van der Waals surface area contributed by atoms with Gasteiger partial charge in [-0.3, -0.25) is 4.79 Å². The van der Waals surface area contributed by atoms with Crippen molar-refractivity contribution in [3.05, 3.63) is 82.6 Å². The second kappa shape index (κ2) is 7.84. The fourth-order valence-electron chi connectivity index (χ4n) is 2.63. The highest BCUT2D eigenvalue weighted by Gasteiger charge is 2.40. The quantitative estimate of drug-likeness (QED) is 0.693. The highest BCUT2D eigenvalue weighted by molar-refractivity contribution is 6.30. The van der Waals surface area contributed by atoms with Gasteiger partial charge in [-0.05, 0) is 36.2 Å². The second-order valence-corrected chi connectivity index (χ2v) is 6.22. The van der Waals surface area contributed by atoms with E-state index in [2.05, 4.69) is 10.4 Å². The molecule has 1 amide bonds. The van der Waals surface area contributed by atoms with Gasteiger partial charge in [0.2, 0.25) is 0 Å². The number of carbonyl (C=O) groups is 1. The van der Waals surface area contributed by atoms with Gasteiger partial charge in [-0.15, -0.1) is 0 Å². The fraction of sp³-hybridized carbons (Fsp3) is 0.158. The van der Waals surface area contributed by atoms with E-state index < -0.39 is 23.3 Å². The Morgan fingerprint density at radius 2 is 1.74 bits per heavy atom. The molecule has 0 bridgehead atoms. The predicted octanol–water partition coefficient (Wildman–Crippen LogP) is 4.52. The van der Waals surface area contributed by atoms with Crippen molar-refractivity contribution < 1.29 is 18.0 Å². The Kier molecular flexibility index (Phi) is 5.51. The summed E-state index contributed by atoms with van der Waals surface area (Å²) in [5.41, 5.74) is -0.506. The van der Waals surface area contributed by atoms with Crippen molar-refractivity contribution in [1.82, 2.24) is 15.1 Å². The number of nitrogens with zero attached hydrogens (tertiary/aromatic N) is 2. The Balaban J connectivity index is 1.82. The maximum absolute atomic E-state index is 13.6. The van der Waals surface area contributed by atoms with Gasteiger partial charge < -0.3 is 5.32 Å². The van der Waals surface area contributed by atoms with E-state index in [1.165, 1.54) is 24.3 Å². The van der Waals surface area contributed by atoms with Crippen molar-refractivity contribution >= 4 is 17.5 Å². The summed E-state index contributed by atoms with van der Waals surface area (Å²) in [6, 6.07) is 15.1. The molecule has 0 radical (unpaired) electrons. The summed E-state index contributed by atoms with van der Waals surface area (Å²) in [6.45, 7) is 0.215. The molecule has 0 aliphatic rings. The first kappa shape index (κ1) is 19.0. The molecule has 1 N–H and O–H groups in total. The normalized spacial score (nSPS) is 11.4. The summed E-state index contributed by atoms with van der Waals surface area (Å²) in [5.74, 6) is -0.821. The maximum atomic E-state index is 13.6. The molecule has 27 heavy (non-hydrogen) atoms. The van der Waals surface area contributed by atoms with Gasteiger partial charge in [-0.1, -0.05) is 41.9 Å². The molecule has 0 saturated heterocycles. The van der Waals surface area contributed by atoms with Gasteiger partial charge in [-0.2, -0.15) is 18.3 Å². The summed E-state index contributed by atoms with van der Waals surface area (Å²) < 4.78 is 41.5. The molecule has 0 unspecified atom stereocenters. The van der Waals surface area contributed by atoms with Gasteiger partial charge in [0.1, 0.15) is 0 Å². The van der Waals surface area contributed by atoms with Gasteiger partial charge >= 0.3 is 6.18 Å². The number of hydrogen-bond donors (Lipinski definition) is 1. The van der Waals surface area contributed by atoms with Crippen LogP contribution < -0.4 is 5.32 Å². The molecule has 4 nitrogen and oxygen atoms in total. The predicted molar refractivity (Wildman–Crippen MR) is 96.1 cm³/mol. The molecule has 0 aliphatic heterocycles. The van der Waals surface area contributed by atoms with Gasteiger partial charge in [0.15, 0.2) is 5.69 Å². The standard InChI is InChI=1S/C19H15ClF3N3O/c20-14-6-8-15(9-7-14)26-17(19(21,22)23)16(12-25-26)18(27)24-11-10-13-4-2-1-3-5-13/h1-9,12H,10-11H2,(H,24,27). The first-order valence-electron chi connectivity index (χ1n) is 8.09. The third kappa shape index (κ3) is 4.49. The first-order chi connectivity index (χ1) is 12.9. The maximum Gasteiger partial charge on any atom is 0.434 e. The average molecular weight is 394 g/mol. The van der Waals surface area contributed by atoms with Crippen LogP contribution in [0.25, 0.3) is 5.69 Å². The minimum Gasteiger partial charge on any atom is -0.352 e. The van der Waals surface area contributed by atoms with E-state index in [-0.39, 0.29) is 12.2 Å². The molecule has 3 aromatic rings. The van der Waals surface area contributed by atoms with Crippen LogP contribution in [0.3, 0.4) is 0 Å². The number of amides is 1. The van der Waals surface area contributed by atoms with Crippen LogP contribution in [0.1, 0.15) is 21.6 Å². The molecule has 0 fully saturated rings. The zero-order valence-electron chi connectivity index (χ0n) is 14.0. The number of carbonyl (C=O) groups excluding carboxylic acids is 1. The Morgan fingerprint density at radius 3 is 2.37 bits per heavy atom. The summed E-state index contributed by atoms with van der Waals surface area (Å²) >= 11 is 5.78. The molecule has 1 aromatic heterocycles. The second-order valence-electron chi connectivity index (χ2n) is 5.78. The summed E-state index contributed by atoms with van der Waals surface area (Å²) in [7, 11) is 0. The molecule has 8 heteroatoms. The van der Waals surface area contributed by atoms with Crippen LogP contribution in [0, 0.1) is 0 Å². The monoisotopic (exact) mass is 393 g/mol. The number of hydrogen-bond acceptors (Lipinski definition) is 2. The Labute approximate surface area is 158 Å². The number of aromatic nitrogens is 2. The number of halogens is 4. The largest absolute Gasteiger partial charge is 0.434 e. The average Bonchev–Trinajstić information content (AvgIpc) is 3.09. The van der Waals surface area contributed by atoms with Crippen molar-refractivity contribution in [3.8, 4) is 5.69 Å². The third-order valence-electron chi connectivity index (χ3n) is 3.90. The van der Waals surface area contributed by atoms with E-state index >= 15 is 0 Å². The van der Waals surface area contributed by atoms with Gasteiger partial charge in [-0.25, -0.2) is 4.68 Å². The zero-order valence-corrected chi connectivity index (χ0v) is 14.8. The molecular formula is C19H15ClF3N3O. The van der Waals surface area contributed by atoms with E-state index in [0.717, 1.165) is 11.8 Å². The first-order valence-corrected chi connectivity index (χ1v) is 8.47. The van der Waals surface area contributed by atoms with E-state index in [0.29, 0.717) is 16.1 Å². The highest BCUT2D eigenvalue weighted by Crippen LogP contribution is 2.33. The SMILES string of the molecule is O=C(NCCc1ccccc1)c1cnn(-c2ccc(Cl)cc2)c1C(F)(F)F. The van der Waals surface area contributed by atoms with E-state index in [9.17, 15) is 18.0 Å². The lowest BCUT2D eigenvalue weighted by Gasteiger charge is -2.13. The number of nitrogens with one attached hydrogen (secondary N) is 1. The van der Waals surface area contributed by atoms with Crippen molar-refractivity contribution in [3.63, 3.8) is 0 Å². The van der Waals surface area contributed by atoms with Crippen molar-refractivity contribution in [2.45, 2.75) is 12.6 Å². The lowest BCUT2D eigenvalue weighted by molar-refractivity contribution is -0.143. The molecule has 0 atom stereocenters. The molecular weight excluding hydrogens is 379 g/mol. The van der Waals surface area contributed by atoms with E-state index in [1.807, 2.05) is 30.3 Å². The van der Waals surface area contributed by atoms with Gasteiger partial charge in [0.25, 0.3) is 5.91 Å². The number of alkyl halides is 3. The minimum atomic E-state index is -4.75. The Bertz CT molecular complexity index is 922. The highest BCUT2D eigenvalue weighted by atomic mass is 35.5. The van der Waals surface area contributed by atoms with Crippen LogP contribution >= 0.6 is 11.6 Å². The smallest absolute Gasteiger partial charge is 0.352 e. The van der Waals surface area contributed by atoms with Crippen LogP contribution in [-0.4, -0.2) is 22.2 Å². The number of benzene rings is 2. The van der Waals surface area contributed by atoms with Crippen LogP contribution in [0.5, 0.6) is 0 Å². The van der Waals surface area contributed by atoms with Crippen molar-refractivity contribution in [1.29, 1.82) is 0 Å². The third-order valence-corrected chi connectivity index (χ3v) is 4.15. The molecule has 2 aromatic carbocycles. The van der Waals surface area contributed by atoms with Crippen LogP contribution in [0.2, 0.25) is 5.02 Å². The number of rotatable bonds is 5. The van der Waals surface area contributed by atoms with E-state index in [1.54, 1.807) is 0 Å². The van der Waals surface area contributed by atoms with Gasteiger partial charge in [0.05, 0.1) is 17.4 Å². The molecule has 0 saturated carbocycles. The molecule has 0 spiro atoms. The summed E-state index contributed by atoms with van der Waals surface area (Å²) in [6.07, 6.45) is -3.31. The fourth-order valence-corrected chi connectivity index (χ4v) is 2.75. The van der Waals surface area contributed by atoms with Crippen LogP contribution in [0.4, 0.5) is 13.2 Å². The zero-order chi connectivity index (χ0) is 19.4. The molecule has 3 rings (SSSR count). The summed E-state index contributed by atoms with van der Waals surface area (Å²) in [5, 5.41) is 6.67. The Morgan fingerprint density at radius 1 is 1.07 bits per heavy atom. The van der Waals surface area contributed by atoms with Crippen LogP contribution in [0.15, 0.2) is 60.8 Å².